The number of benzene rings is 3. The second-order valence-corrected chi connectivity index (χ2v) is 11.1. The number of carbonyl (C=O) groups excluding carboxylic acids is 1. The van der Waals surface area contributed by atoms with Gasteiger partial charge in [-0.3, -0.25) is 19.1 Å². The van der Waals surface area contributed by atoms with Crippen molar-refractivity contribution in [2.45, 2.75) is 13.0 Å². The largest absolute Gasteiger partial charge is 0.493 e. The van der Waals surface area contributed by atoms with Crippen molar-refractivity contribution in [3.8, 4) is 17.2 Å². The van der Waals surface area contributed by atoms with E-state index in [-0.39, 0.29) is 29.3 Å². The molecule has 2 N–H and O–H groups in total. The van der Waals surface area contributed by atoms with E-state index in [9.17, 15) is 14.0 Å². The Morgan fingerprint density at radius 2 is 1.79 bits per heavy atom. The third-order valence-electron chi connectivity index (χ3n) is 7.92. The van der Waals surface area contributed by atoms with E-state index in [2.05, 4.69) is 25.5 Å². The van der Waals surface area contributed by atoms with Crippen molar-refractivity contribution in [3.05, 3.63) is 112 Å². The van der Waals surface area contributed by atoms with Crippen molar-refractivity contribution in [2.75, 3.05) is 51.9 Å². The van der Waals surface area contributed by atoms with E-state index in [0.29, 0.717) is 40.4 Å². The van der Waals surface area contributed by atoms with Gasteiger partial charge in [-0.25, -0.2) is 18.7 Å². The third-order valence-corrected chi connectivity index (χ3v) is 7.92. The highest BCUT2D eigenvalue weighted by Gasteiger charge is 2.16. The Morgan fingerprint density at radius 3 is 2.56 bits per heavy atom. The average molecular weight is 657 g/mol. The molecule has 248 valence electrons. The Kier molecular flexibility index (Phi) is 10.2. The number of methoxy groups -OCH3 is 1. The number of anilines is 2. The Balaban J connectivity index is 1.17. The van der Waals surface area contributed by atoms with Crippen molar-refractivity contribution in [1.29, 1.82) is 0 Å². The number of aromatic nitrogens is 3. The molecule has 13 heteroatoms. The van der Waals surface area contributed by atoms with Gasteiger partial charge in [-0.2, -0.15) is 0 Å². The Morgan fingerprint density at radius 1 is 0.979 bits per heavy atom. The smallest absolute Gasteiger partial charge is 0.255 e. The number of fused-ring (bicyclic) bond motifs is 1. The predicted molar refractivity (Wildman–Crippen MR) is 176 cm³/mol. The number of nitrogens with zero attached hydrogens (tertiary/aromatic N) is 4. The molecule has 0 radical (unpaired) electrons. The van der Waals surface area contributed by atoms with Gasteiger partial charge in [-0.15, -0.1) is 0 Å². The lowest BCUT2D eigenvalue weighted by Crippen LogP contribution is -2.37. The zero-order valence-corrected chi connectivity index (χ0v) is 26.2. The maximum atomic E-state index is 15.5. The van der Waals surface area contributed by atoms with Gasteiger partial charge in [0.05, 0.1) is 49.4 Å². The normalized spacial score (nSPS) is 13.3. The standard InChI is InChI=1S/C35H34F2N6O5/c1-46-31-19-30-27(18-32(31)48-14-2-11-42-12-15-47-16-13-42)34(40-22-39-30)41-29-9-8-26(17-28(29)37)43-21-24(5-10-33(43)44)35(45)38-20-23-3-6-25(36)7-4-23/h3-10,17-19,21-22H,2,11-16,20H2,1H3,(H,38,45)(H,39,40,41). The minimum atomic E-state index is -0.648. The van der Waals surface area contributed by atoms with Crippen LogP contribution in [-0.4, -0.2) is 71.9 Å². The summed E-state index contributed by atoms with van der Waals surface area (Å²) < 4.78 is 46.9. The molecule has 1 amide bonds. The maximum Gasteiger partial charge on any atom is 0.255 e. The molecule has 48 heavy (non-hydrogen) atoms. The Bertz CT molecular complexity index is 1960. The number of hydrogen-bond acceptors (Lipinski definition) is 9. The van der Waals surface area contributed by atoms with E-state index in [4.69, 9.17) is 14.2 Å². The minimum absolute atomic E-state index is 0.115. The van der Waals surface area contributed by atoms with Gasteiger partial charge in [-0.1, -0.05) is 12.1 Å². The number of ether oxygens (including phenoxy) is 3. The lowest BCUT2D eigenvalue weighted by molar-refractivity contribution is 0.0357. The van der Waals surface area contributed by atoms with Crippen molar-refractivity contribution in [2.24, 2.45) is 0 Å². The summed E-state index contributed by atoms with van der Waals surface area (Å²) in [4.78, 5) is 36.5. The molecular formula is C35H34F2N6O5. The summed E-state index contributed by atoms with van der Waals surface area (Å²) in [5.41, 5.74) is 1.37. The van der Waals surface area contributed by atoms with Crippen LogP contribution in [0.1, 0.15) is 22.3 Å². The van der Waals surface area contributed by atoms with Gasteiger partial charge in [0.25, 0.3) is 11.5 Å². The summed E-state index contributed by atoms with van der Waals surface area (Å²) in [6.45, 7) is 4.83. The minimum Gasteiger partial charge on any atom is -0.493 e. The summed E-state index contributed by atoms with van der Waals surface area (Å²) in [5.74, 6) is -0.0801. The van der Waals surface area contributed by atoms with E-state index in [1.165, 1.54) is 53.5 Å². The quantitative estimate of drug-likeness (QED) is 0.182. The molecule has 6 rings (SSSR count). The van der Waals surface area contributed by atoms with Crippen LogP contribution in [0.25, 0.3) is 16.6 Å². The van der Waals surface area contributed by atoms with Crippen molar-refractivity contribution >= 4 is 28.3 Å². The zero-order valence-electron chi connectivity index (χ0n) is 26.2. The van der Waals surface area contributed by atoms with Crippen LogP contribution in [0.3, 0.4) is 0 Å². The Labute approximate surface area is 275 Å². The highest BCUT2D eigenvalue weighted by molar-refractivity contribution is 5.94. The molecule has 3 heterocycles. The summed E-state index contributed by atoms with van der Waals surface area (Å²) in [6, 6.07) is 16.1. The number of nitrogens with one attached hydrogen (secondary N) is 2. The molecule has 11 nitrogen and oxygen atoms in total. The van der Waals surface area contributed by atoms with Crippen molar-refractivity contribution in [3.63, 3.8) is 0 Å². The van der Waals surface area contributed by atoms with Crippen LogP contribution in [-0.2, 0) is 11.3 Å². The number of halogens is 2. The van der Waals surface area contributed by atoms with Crippen molar-refractivity contribution < 1.29 is 27.8 Å². The Hall–Kier alpha value is -5.40. The molecule has 0 bridgehead atoms. The van der Waals surface area contributed by atoms with Crippen LogP contribution >= 0.6 is 0 Å². The number of pyridine rings is 1. The lowest BCUT2D eigenvalue weighted by atomic mass is 10.2. The molecule has 0 unspecified atom stereocenters. The van der Waals surface area contributed by atoms with Crippen LogP contribution in [0.4, 0.5) is 20.3 Å². The van der Waals surface area contributed by atoms with Gasteiger partial charge in [-0.05, 0) is 48.4 Å². The highest BCUT2D eigenvalue weighted by atomic mass is 19.1. The molecule has 3 aromatic carbocycles. The molecular weight excluding hydrogens is 622 g/mol. The first kappa shape index (κ1) is 32.5. The molecule has 5 aromatic rings. The first-order valence-corrected chi connectivity index (χ1v) is 15.5. The number of amides is 1. The summed E-state index contributed by atoms with van der Waals surface area (Å²) in [7, 11) is 1.56. The molecule has 0 saturated carbocycles. The topological polar surface area (TPSA) is 120 Å². The first-order chi connectivity index (χ1) is 23.4. The molecule has 0 atom stereocenters. The van der Waals surface area contributed by atoms with Gasteiger partial charge in [0.2, 0.25) is 0 Å². The number of morpholine rings is 1. The fourth-order valence-corrected chi connectivity index (χ4v) is 5.32. The van der Waals surface area contributed by atoms with E-state index < -0.39 is 17.3 Å². The van der Waals surface area contributed by atoms with Crippen LogP contribution in [0.15, 0.2) is 84.0 Å². The SMILES string of the molecule is COc1cc2ncnc(Nc3ccc(-n4cc(C(=O)NCc5ccc(F)cc5)ccc4=O)cc3F)c2cc1OCCCN1CCOCC1. The van der Waals surface area contributed by atoms with Gasteiger partial charge >= 0.3 is 0 Å². The zero-order chi connectivity index (χ0) is 33.5. The fourth-order valence-electron chi connectivity index (χ4n) is 5.32. The second kappa shape index (κ2) is 15.0. The molecule has 0 aliphatic carbocycles. The number of carbonyl (C=O) groups is 1. The molecule has 1 fully saturated rings. The fraction of sp³-hybridized carbons (Fsp3) is 0.257. The molecule has 0 spiro atoms. The van der Waals surface area contributed by atoms with E-state index in [1.807, 2.05) is 0 Å². The lowest BCUT2D eigenvalue weighted by Gasteiger charge is -2.26. The summed E-state index contributed by atoms with van der Waals surface area (Å²) in [6.07, 6.45) is 3.53. The van der Waals surface area contributed by atoms with E-state index in [0.717, 1.165) is 39.3 Å². The van der Waals surface area contributed by atoms with Gasteiger partial charge in [0, 0.05) is 56.0 Å². The maximum absolute atomic E-state index is 15.5. The molecule has 2 aromatic heterocycles. The number of hydrogen-bond donors (Lipinski definition) is 2. The molecule has 1 aliphatic heterocycles. The second-order valence-electron chi connectivity index (χ2n) is 11.1. The first-order valence-electron chi connectivity index (χ1n) is 15.5. The number of rotatable bonds is 12. The highest BCUT2D eigenvalue weighted by Crippen LogP contribution is 2.35. The van der Waals surface area contributed by atoms with E-state index >= 15 is 4.39 Å². The van der Waals surface area contributed by atoms with Crippen LogP contribution in [0.2, 0.25) is 0 Å². The summed E-state index contributed by atoms with van der Waals surface area (Å²) >= 11 is 0. The van der Waals surface area contributed by atoms with E-state index in [1.54, 1.807) is 37.4 Å². The van der Waals surface area contributed by atoms with Crippen LogP contribution in [0.5, 0.6) is 11.5 Å². The van der Waals surface area contributed by atoms with Crippen LogP contribution in [0, 0.1) is 11.6 Å². The molecule has 1 aliphatic rings. The van der Waals surface area contributed by atoms with Gasteiger partial charge in [0.15, 0.2) is 11.5 Å². The average Bonchev–Trinajstić information content (AvgIpc) is 3.11. The molecule has 1 saturated heterocycles. The van der Waals surface area contributed by atoms with Crippen molar-refractivity contribution in [1.82, 2.24) is 24.8 Å². The monoisotopic (exact) mass is 656 g/mol. The van der Waals surface area contributed by atoms with Gasteiger partial charge < -0.3 is 24.8 Å². The van der Waals surface area contributed by atoms with Gasteiger partial charge in [0.1, 0.15) is 23.8 Å². The third kappa shape index (κ3) is 7.76. The van der Waals surface area contributed by atoms with Crippen LogP contribution < -0.4 is 25.7 Å². The predicted octanol–water partition coefficient (Wildman–Crippen LogP) is 4.84. The summed E-state index contributed by atoms with van der Waals surface area (Å²) in [5, 5.41) is 6.37.